The average Bonchev–Trinajstić information content (AvgIpc) is 2.58. The number of hydrogen-bond acceptors (Lipinski definition) is 4. The molecule has 0 bridgehead atoms. The summed E-state index contributed by atoms with van der Waals surface area (Å²) < 4.78 is 18.4. The van der Waals surface area contributed by atoms with Crippen LogP contribution in [0.5, 0.6) is 0 Å². The van der Waals surface area contributed by atoms with Gasteiger partial charge in [0.2, 0.25) is 0 Å². The summed E-state index contributed by atoms with van der Waals surface area (Å²) in [7, 11) is 0. The Hall–Kier alpha value is -3.20. The van der Waals surface area contributed by atoms with Gasteiger partial charge in [0.05, 0.1) is 17.2 Å². The third-order valence-electron chi connectivity index (χ3n) is 2.98. The Morgan fingerprint density at radius 2 is 1.91 bits per heavy atom. The molecule has 0 aliphatic carbocycles. The smallest absolute Gasteiger partial charge is 0.341 e. The third-order valence-corrected chi connectivity index (χ3v) is 2.98. The summed E-state index contributed by atoms with van der Waals surface area (Å²) in [6.45, 7) is -0.201. The molecule has 0 saturated carbocycles. The second kappa shape index (κ2) is 7.71. The van der Waals surface area contributed by atoms with Crippen LogP contribution in [-0.2, 0) is 16.1 Å². The molecule has 0 heterocycles. The van der Waals surface area contributed by atoms with Crippen molar-refractivity contribution in [3.8, 4) is 6.07 Å². The molecule has 0 spiro atoms. The number of nitrogens with zero attached hydrogens (tertiary/aromatic N) is 1. The fraction of sp³-hybridized carbons (Fsp3) is 0.118. The van der Waals surface area contributed by atoms with Crippen LogP contribution in [0.4, 0.5) is 4.39 Å². The number of benzene rings is 2. The molecule has 1 amide bonds. The topological polar surface area (TPSA) is 79.2 Å². The van der Waals surface area contributed by atoms with E-state index in [9.17, 15) is 14.0 Å². The van der Waals surface area contributed by atoms with Gasteiger partial charge in [0.1, 0.15) is 5.82 Å². The van der Waals surface area contributed by atoms with Crippen molar-refractivity contribution in [2.45, 2.75) is 6.54 Å². The van der Waals surface area contributed by atoms with Crippen molar-refractivity contribution in [1.82, 2.24) is 5.32 Å². The number of ether oxygens (including phenoxy) is 1. The zero-order valence-electron chi connectivity index (χ0n) is 12.1. The molecule has 0 aromatic heterocycles. The van der Waals surface area contributed by atoms with Gasteiger partial charge in [-0.05, 0) is 23.8 Å². The minimum Gasteiger partial charge on any atom is -0.452 e. The molecule has 23 heavy (non-hydrogen) atoms. The van der Waals surface area contributed by atoms with Crippen LogP contribution in [0.2, 0.25) is 0 Å². The molecule has 0 saturated heterocycles. The van der Waals surface area contributed by atoms with Gasteiger partial charge in [0.15, 0.2) is 6.61 Å². The number of nitriles is 1. The Morgan fingerprint density at radius 1 is 1.17 bits per heavy atom. The molecule has 0 unspecified atom stereocenters. The minimum atomic E-state index is -0.957. The van der Waals surface area contributed by atoms with E-state index in [-0.39, 0.29) is 11.1 Å². The first kappa shape index (κ1) is 16.2. The Labute approximate surface area is 132 Å². The van der Waals surface area contributed by atoms with Crippen LogP contribution >= 0.6 is 0 Å². The number of halogens is 1. The summed E-state index contributed by atoms with van der Waals surface area (Å²) in [5.74, 6) is -2.31. The van der Waals surface area contributed by atoms with E-state index in [1.165, 1.54) is 6.07 Å². The quantitative estimate of drug-likeness (QED) is 0.858. The van der Waals surface area contributed by atoms with Gasteiger partial charge in [-0.2, -0.15) is 5.26 Å². The van der Waals surface area contributed by atoms with E-state index >= 15 is 0 Å². The lowest BCUT2D eigenvalue weighted by atomic mass is 10.1. The summed E-state index contributed by atoms with van der Waals surface area (Å²) in [5, 5.41) is 11.2. The van der Waals surface area contributed by atoms with Crippen molar-refractivity contribution < 1.29 is 18.7 Å². The number of amides is 1. The molecule has 2 rings (SSSR count). The predicted octanol–water partition coefficient (Wildman–Crippen LogP) is 2.17. The molecule has 1 N–H and O–H groups in total. The van der Waals surface area contributed by atoms with Crippen molar-refractivity contribution in [3.63, 3.8) is 0 Å². The van der Waals surface area contributed by atoms with Gasteiger partial charge >= 0.3 is 5.97 Å². The van der Waals surface area contributed by atoms with E-state index in [2.05, 4.69) is 5.32 Å². The molecule has 0 atom stereocenters. The van der Waals surface area contributed by atoms with Crippen LogP contribution in [0, 0.1) is 17.1 Å². The van der Waals surface area contributed by atoms with Crippen LogP contribution in [0.25, 0.3) is 0 Å². The Balaban J connectivity index is 1.84. The molecule has 2 aromatic rings. The zero-order valence-corrected chi connectivity index (χ0v) is 12.1. The Bertz CT molecular complexity index is 754. The third kappa shape index (κ3) is 4.64. The van der Waals surface area contributed by atoms with Gasteiger partial charge in [0.25, 0.3) is 5.91 Å². The van der Waals surface area contributed by atoms with E-state index in [1.807, 2.05) is 30.3 Å². The maximum absolute atomic E-state index is 13.6. The number of carbonyl (C=O) groups is 2. The van der Waals surface area contributed by atoms with Crippen LogP contribution in [0.15, 0.2) is 48.5 Å². The van der Waals surface area contributed by atoms with E-state index < -0.39 is 24.3 Å². The van der Waals surface area contributed by atoms with Gasteiger partial charge in [0, 0.05) is 6.54 Å². The Kier molecular flexibility index (Phi) is 5.42. The second-order valence-corrected chi connectivity index (χ2v) is 4.64. The molecule has 0 fully saturated rings. The van der Waals surface area contributed by atoms with Crippen molar-refractivity contribution in [2.24, 2.45) is 0 Å². The van der Waals surface area contributed by atoms with E-state index in [0.717, 1.165) is 17.7 Å². The summed E-state index contributed by atoms with van der Waals surface area (Å²) in [6, 6.07) is 14.4. The van der Waals surface area contributed by atoms with Crippen LogP contribution < -0.4 is 5.32 Å². The number of carbonyl (C=O) groups excluding carboxylic acids is 2. The van der Waals surface area contributed by atoms with Crippen LogP contribution in [0.3, 0.4) is 0 Å². The molecule has 0 aliphatic rings. The number of nitrogens with one attached hydrogen (secondary N) is 1. The van der Waals surface area contributed by atoms with Gasteiger partial charge < -0.3 is 10.1 Å². The SMILES string of the molecule is N#Cc1ccc(C(=O)OCC(=O)NCc2ccccc2)c(F)c1. The average molecular weight is 312 g/mol. The summed E-state index contributed by atoms with van der Waals surface area (Å²) in [5.41, 5.74) is 0.685. The number of rotatable bonds is 5. The van der Waals surface area contributed by atoms with Gasteiger partial charge in [-0.1, -0.05) is 30.3 Å². The largest absolute Gasteiger partial charge is 0.452 e. The van der Waals surface area contributed by atoms with Gasteiger partial charge in [-0.3, -0.25) is 4.79 Å². The molecule has 0 radical (unpaired) electrons. The van der Waals surface area contributed by atoms with Crippen LogP contribution in [-0.4, -0.2) is 18.5 Å². The maximum atomic E-state index is 13.6. The van der Waals surface area contributed by atoms with Crippen LogP contribution in [0.1, 0.15) is 21.5 Å². The molecule has 116 valence electrons. The zero-order chi connectivity index (χ0) is 16.7. The normalized spacial score (nSPS) is 9.74. The first-order valence-corrected chi connectivity index (χ1v) is 6.77. The van der Waals surface area contributed by atoms with Gasteiger partial charge in [-0.25, -0.2) is 9.18 Å². The fourth-order valence-corrected chi connectivity index (χ4v) is 1.81. The molecular weight excluding hydrogens is 299 g/mol. The highest BCUT2D eigenvalue weighted by Gasteiger charge is 2.15. The summed E-state index contributed by atoms with van der Waals surface area (Å²) in [4.78, 5) is 23.3. The first-order chi connectivity index (χ1) is 11.1. The predicted molar refractivity (Wildman–Crippen MR) is 79.7 cm³/mol. The van der Waals surface area contributed by atoms with Crippen molar-refractivity contribution in [3.05, 3.63) is 71.0 Å². The highest BCUT2D eigenvalue weighted by molar-refractivity contribution is 5.91. The molecule has 6 heteroatoms. The molecular formula is C17H13FN2O3. The highest BCUT2D eigenvalue weighted by atomic mass is 19.1. The van der Waals surface area contributed by atoms with Crippen molar-refractivity contribution in [2.75, 3.05) is 6.61 Å². The first-order valence-electron chi connectivity index (χ1n) is 6.77. The molecule has 0 aliphatic heterocycles. The summed E-state index contributed by atoms with van der Waals surface area (Å²) in [6.07, 6.45) is 0. The lowest BCUT2D eigenvalue weighted by Crippen LogP contribution is -2.28. The summed E-state index contributed by atoms with van der Waals surface area (Å²) >= 11 is 0. The fourth-order valence-electron chi connectivity index (χ4n) is 1.81. The lowest BCUT2D eigenvalue weighted by Gasteiger charge is -2.07. The maximum Gasteiger partial charge on any atom is 0.341 e. The van der Waals surface area contributed by atoms with E-state index in [4.69, 9.17) is 10.00 Å². The second-order valence-electron chi connectivity index (χ2n) is 4.64. The standard InChI is InChI=1S/C17H13FN2O3/c18-15-8-13(9-19)6-7-14(15)17(22)23-11-16(21)20-10-12-4-2-1-3-5-12/h1-8H,10-11H2,(H,20,21). The van der Waals surface area contributed by atoms with E-state index in [1.54, 1.807) is 6.07 Å². The minimum absolute atomic E-state index is 0.0969. The van der Waals surface area contributed by atoms with Gasteiger partial charge in [-0.15, -0.1) is 0 Å². The highest BCUT2D eigenvalue weighted by Crippen LogP contribution is 2.11. The number of hydrogen-bond donors (Lipinski definition) is 1. The monoisotopic (exact) mass is 312 g/mol. The number of esters is 1. The van der Waals surface area contributed by atoms with Crippen molar-refractivity contribution >= 4 is 11.9 Å². The Morgan fingerprint density at radius 3 is 2.57 bits per heavy atom. The molecule has 5 nitrogen and oxygen atoms in total. The lowest BCUT2D eigenvalue weighted by molar-refractivity contribution is -0.124. The van der Waals surface area contributed by atoms with Crippen molar-refractivity contribution in [1.29, 1.82) is 5.26 Å². The molecule has 2 aromatic carbocycles. The van der Waals surface area contributed by atoms with E-state index in [0.29, 0.717) is 6.54 Å².